The highest BCUT2D eigenvalue weighted by molar-refractivity contribution is 5.95. The third-order valence-electron chi connectivity index (χ3n) is 5.84. The number of amides is 1. The van der Waals surface area contributed by atoms with Crippen molar-refractivity contribution in [3.8, 4) is 11.3 Å². The van der Waals surface area contributed by atoms with Crippen molar-refractivity contribution < 1.29 is 4.79 Å². The zero-order chi connectivity index (χ0) is 21.2. The van der Waals surface area contributed by atoms with Crippen LogP contribution < -0.4 is 10.6 Å². The highest BCUT2D eigenvalue weighted by Gasteiger charge is 2.25. The molecule has 1 saturated heterocycles. The molecule has 2 N–H and O–H groups in total. The largest absolute Gasteiger partial charge is 0.337 e. The molecule has 1 aromatic heterocycles. The fourth-order valence-electron chi connectivity index (χ4n) is 4.07. The number of anilines is 2. The van der Waals surface area contributed by atoms with Gasteiger partial charge in [-0.2, -0.15) is 0 Å². The lowest BCUT2D eigenvalue weighted by atomic mass is 10.0. The lowest BCUT2D eigenvalue weighted by molar-refractivity contribution is 0.0789. The number of carbonyl (C=O) groups is 1. The van der Waals surface area contributed by atoms with Crippen LogP contribution in [0.4, 0.5) is 11.6 Å². The van der Waals surface area contributed by atoms with E-state index in [1.165, 1.54) is 0 Å². The number of hydrogen-bond acceptors (Lipinski definition) is 6. The number of aromatic nitrogens is 2. The van der Waals surface area contributed by atoms with Crippen molar-refractivity contribution in [1.82, 2.24) is 20.2 Å². The lowest BCUT2D eigenvalue weighted by Gasteiger charge is -2.16. The van der Waals surface area contributed by atoms with E-state index in [4.69, 9.17) is 4.98 Å². The Hall–Kier alpha value is -3.58. The molecule has 0 aliphatic carbocycles. The number of carbonyl (C=O) groups excluding carboxylic acids is 1. The third-order valence-corrected chi connectivity index (χ3v) is 5.84. The molecule has 156 valence electrons. The standard InChI is InChI=1S/C24H24N6O/c1-25-20-10-11-30(15-20)23(31)16-6-8-19(9-7-16)28-24-27-14-18-13-26-12-17-4-2-3-5-21(17)22(18)29-24/h2-9,12,14,20,25H,10-11,13,15H2,1H3,(H,27,28,29). The van der Waals surface area contributed by atoms with Crippen LogP contribution >= 0.6 is 0 Å². The van der Waals surface area contributed by atoms with Gasteiger partial charge >= 0.3 is 0 Å². The van der Waals surface area contributed by atoms with Crippen molar-refractivity contribution in [2.45, 2.75) is 19.0 Å². The molecule has 31 heavy (non-hydrogen) atoms. The van der Waals surface area contributed by atoms with E-state index in [9.17, 15) is 4.79 Å². The molecule has 1 atom stereocenters. The Bertz CT molecular complexity index is 1140. The van der Waals surface area contributed by atoms with Gasteiger partial charge in [0.05, 0.1) is 12.2 Å². The summed E-state index contributed by atoms with van der Waals surface area (Å²) in [5.41, 5.74) is 5.52. The van der Waals surface area contributed by atoms with Crippen LogP contribution in [0.2, 0.25) is 0 Å². The highest BCUT2D eigenvalue weighted by atomic mass is 16.2. The molecule has 3 heterocycles. The van der Waals surface area contributed by atoms with E-state index in [0.717, 1.165) is 47.6 Å². The van der Waals surface area contributed by atoms with Crippen molar-refractivity contribution in [2.24, 2.45) is 4.99 Å². The van der Waals surface area contributed by atoms with E-state index >= 15 is 0 Å². The summed E-state index contributed by atoms with van der Waals surface area (Å²) in [6.07, 6.45) is 4.71. The second kappa shape index (κ2) is 8.28. The fraction of sp³-hybridized carbons (Fsp3) is 0.250. The molecule has 1 amide bonds. The molecule has 3 aromatic rings. The summed E-state index contributed by atoms with van der Waals surface area (Å²) in [5.74, 6) is 0.591. The summed E-state index contributed by atoms with van der Waals surface area (Å²) < 4.78 is 0. The van der Waals surface area contributed by atoms with Crippen LogP contribution in [0, 0.1) is 0 Å². The first-order valence-electron chi connectivity index (χ1n) is 10.5. The Morgan fingerprint density at radius 2 is 1.97 bits per heavy atom. The molecule has 0 radical (unpaired) electrons. The van der Waals surface area contributed by atoms with Crippen LogP contribution in [0.15, 0.2) is 59.7 Å². The van der Waals surface area contributed by atoms with Crippen LogP contribution in [0.1, 0.15) is 27.9 Å². The van der Waals surface area contributed by atoms with E-state index in [1.54, 1.807) is 0 Å². The van der Waals surface area contributed by atoms with E-state index in [1.807, 2.05) is 66.8 Å². The zero-order valence-corrected chi connectivity index (χ0v) is 17.4. The number of hydrogen-bond donors (Lipinski definition) is 2. The minimum atomic E-state index is 0.0715. The van der Waals surface area contributed by atoms with Crippen LogP contribution in [0.3, 0.4) is 0 Å². The Labute approximate surface area is 181 Å². The van der Waals surface area contributed by atoms with E-state index < -0.39 is 0 Å². The van der Waals surface area contributed by atoms with Gasteiger partial charge in [-0.05, 0) is 37.7 Å². The van der Waals surface area contributed by atoms with Gasteiger partial charge in [-0.1, -0.05) is 24.3 Å². The summed E-state index contributed by atoms with van der Waals surface area (Å²) in [5, 5.41) is 6.50. The number of likely N-dealkylation sites (tertiary alicyclic amines) is 1. The summed E-state index contributed by atoms with van der Waals surface area (Å²) >= 11 is 0. The number of rotatable bonds is 4. The molecule has 1 unspecified atom stereocenters. The Morgan fingerprint density at radius 1 is 1.13 bits per heavy atom. The molecule has 2 aliphatic heterocycles. The van der Waals surface area contributed by atoms with Crippen LogP contribution in [0.25, 0.3) is 11.3 Å². The minimum Gasteiger partial charge on any atom is -0.337 e. The number of fused-ring (bicyclic) bond motifs is 3. The molecule has 7 heteroatoms. The van der Waals surface area contributed by atoms with Crippen LogP contribution in [-0.2, 0) is 6.54 Å². The van der Waals surface area contributed by atoms with Gasteiger partial charge in [0.2, 0.25) is 5.95 Å². The number of nitrogens with zero attached hydrogens (tertiary/aromatic N) is 4. The normalized spacial score (nSPS) is 17.1. The summed E-state index contributed by atoms with van der Waals surface area (Å²) in [4.78, 5) is 28.3. The molecule has 7 nitrogen and oxygen atoms in total. The zero-order valence-electron chi connectivity index (χ0n) is 17.4. The fourth-order valence-corrected chi connectivity index (χ4v) is 4.07. The first kappa shape index (κ1) is 19.4. The average Bonchev–Trinajstić information content (AvgIpc) is 3.22. The molecule has 2 aromatic carbocycles. The molecule has 2 aliphatic rings. The maximum absolute atomic E-state index is 12.7. The average molecular weight is 412 g/mol. The van der Waals surface area contributed by atoms with Gasteiger partial charge in [-0.15, -0.1) is 0 Å². The number of benzene rings is 2. The molecule has 0 spiro atoms. The third kappa shape index (κ3) is 3.92. The summed E-state index contributed by atoms with van der Waals surface area (Å²) in [6.45, 7) is 2.11. The molecular weight excluding hydrogens is 388 g/mol. The predicted octanol–water partition coefficient (Wildman–Crippen LogP) is 3.25. The second-order valence-corrected chi connectivity index (χ2v) is 7.85. The van der Waals surface area contributed by atoms with E-state index in [2.05, 4.69) is 26.7 Å². The summed E-state index contributed by atoms with van der Waals surface area (Å²) in [7, 11) is 1.94. The Kier molecular flexibility index (Phi) is 5.18. The molecule has 0 bridgehead atoms. The quantitative estimate of drug-likeness (QED) is 0.687. The van der Waals surface area contributed by atoms with Crippen LogP contribution in [0.5, 0.6) is 0 Å². The summed E-state index contributed by atoms with van der Waals surface area (Å²) in [6, 6.07) is 16.0. The first-order valence-corrected chi connectivity index (χ1v) is 10.5. The van der Waals surface area contributed by atoms with Gasteiger partial charge < -0.3 is 15.5 Å². The Balaban J connectivity index is 1.34. The monoisotopic (exact) mass is 412 g/mol. The maximum atomic E-state index is 12.7. The number of aliphatic imine (C=N–C) groups is 1. The lowest BCUT2D eigenvalue weighted by Crippen LogP contribution is -2.33. The Morgan fingerprint density at radius 3 is 2.77 bits per heavy atom. The second-order valence-electron chi connectivity index (χ2n) is 7.85. The van der Waals surface area contributed by atoms with E-state index in [-0.39, 0.29) is 5.91 Å². The van der Waals surface area contributed by atoms with Gasteiger partial charge in [-0.3, -0.25) is 9.79 Å². The molecule has 0 saturated carbocycles. The van der Waals surface area contributed by atoms with Gasteiger partial charge in [-0.25, -0.2) is 9.97 Å². The van der Waals surface area contributed by atoms with Crippen molar-refractivity contribution in [2.75, 3.05) is 25.5 Å². The minimum absolute atomic E-state index is 0.0715. The topological polar surface area (TPSA) is 82.5 Å². The van der Waals surface area contributed by atoms with Crippen molar-refractivity contribution in [3.63, 3.8) is 0 Å². The van der Waals surface area contributed by atoms with Gasteiger partial charge in [0.1, 0.15) is 0 Å². The molecule has 1 fully saturated rings. The molecule has 5 rings (SSSR count). The number of nitrogens with one attached hydrogen (secondary N) is 2. The number of likely N-dealkylation sites (N-methyl/N-ethyl adjacent to an activating group) is 1. The predicted molar refractivity (Wildman–Crippen MR) is 122 cm³/mol. The van der Waals surface area contributed by atoms with Crippen molar-refractivity contribution in [1.29, 1.82) is 0 Å². The maximum Gasteiger partial charge on any atom is 0.253 e. The smallest absolute Gasteiger partial charge is 0.253 e. The van der Waals surface area contributed by atoms with Crippen molar-refractivity contribution >= 4 is 23.8 Å². The van der Waals surface area contributed by atoms with Gasteiger partial charge in [0, 0.05) is 59.5 Å². The van der Waals surface area contributed by atoms with Gasteiger partial charge in [0.15, 0.2) is 0 Å². The van der Waals surface area contributed by atoms with E-state index in [0.29, 0.717) is 24.1 Å². The first-order chi connectivity index (χ1) is 15.2. The highest BCUT2D eigenvalue weighted by Crippen LogP contribution is 2.28. The SMILES string of the molecule is CNC1CCN(C(=O)c2ccc(Nc3ncc4c(n3)-c3ccccc3C=NC4)cc2)C1. The van der Waals surface area contributed by atoms with Crippen LogP contribution in [-0.4, -0.2) is 53.2 Å². The molecular formula is C24H24N6O. The van der Waals surface area contributed by atoms with Crippen molar-refractivity contribution in [3.05, 3.63) is 71.4 Å². The van der Waals surface area contributed by atoms with Gasteiger partial charge in [0.25, 0.3) is 5.91 Å².